The zero-order valence-electron chi connectivity index (χ0n) is 12.5. The smallest absolute Gasteiger partial charge is 0.340 e. The van der Waals surface area contributed by atoms with Gasteiger partial charge in [-0.05, 0) is 19.8 Å². The van der Waals surface area contributed by atoms with Crippen molar-refractivity contribution in [3.8, 4) is 11.5 Å². The molecule has 2 atom stereocenters. The van der Waals surface area contributed by atoms with Gasteiger partial charge < -0.3 is 24.7 Å². The molecule has 6 heteroatoms. The van der Waals surface area contributed by atoms with E-state index in [1.807, 2.05) is 6.92 Å². The first kappa shape index (κ1) is 15.4. The van der Waals surface area contributed by atoms with Gasteiger partial charge >= 0.3 is 5.97 Å². The molecule has 0 aromatic heterocycles. The van der Waals surface area contributed by atoms with E-state index in [-0.39, 0.29) is 24.4 Å². The third kappa shape index (κ3) is 3.58. The highest BCUT2D eigenvalue weighted by Crippen LogP contribution is 2.32. The van der Waals surface area contributed by atoms with Crippen LogP contribution in [-0.4, -0.2) is 39.0 Å². The minimum Gasteiger partial charge on any atom is -0.493 e. The predicted octanol–water partition coefficient (Wildman–Crippen LogP) is 2.01. The molecule has 2 rings (SSSR count). The Kier molecular flexibility index (Phi) is 4.90. The van der Waals surface area contributed by atoms with Crippen LogP contribution in [0.25, 0.3) is 0 Å². The molecular weight excluding hydrogens is 274 g/mol. The normalized spacial score (nSPS) is 21.1. The number of carbonyl (C=O) groups excluding carboxylic acids is 1. The van der Waals surface area contributed by atoms with Gasteiger partial charge in [-0.15, -0.1) is 0 Å². The van der Waals surface area contributed by atoms with Crippen LogP contribution in [-0.2, 0) is 9.47 Å². The molecule has 1 saturated heterocycles. The number of esters is 1. The van der Waals surface area contributed by atoms with E-state index in [2.05, 4.69) is 0 Å². The third-order valence-electron chi connectivity index (χ3n) is 3.50. The Morgan fingerprint density at radius 2 is 1.95 bits per heavy atom. The monoisotopic (exact) mass is 295 g/mol. The van der Waals surface area contributed by atoms with E-state index in [0.717, 1.165) is 12.8 Å². The number of hydrogen-bond donors (Lipinski definition) is 1. The van der Waals surface area contributed by atoms with E-state index in [1.165, 1.54) is 20.3 Å². The maximum absolute atomic E-state index is 12.1. The van der Waals surface area contributed by atoms with E-state index in [1.54, 1.807) is 6.07 Å². The molecule has 1 aliphatic rings. The van der Waals surface area contributed by atoms with Crippen molar-refractivity contribution in [2.24, 2.45) is 0 Å². The number of benzene rings is 1. The van der Waals surface area contributed by atoms with Crippen molar-refractivity contribution in [2.45, 2.75) is 32.0 Å². The number of rotatable bonds is 5. The summed E-state index contributed by atoms with van der Waals surface area (Å²) in [6, 6.07) is 3.07. The lowest BCUT2D eigenvalue weighted by atomic mass is 10.1. The van der Waals surface area contributed by atoms with Gasteiger partial charge in [-0.25, -0.2) is 4.79 Å². The Labute approximate surface area is 124 Å². The SMILES string of the molecule is COc1cc(N)c(C(=O)OCC2CCC(C)O2)cc1OC. The van der Waals surface area contributed by atoms with Gasteiger partial charge in [-0.1, -0.05) is 0 Å². The van der Waals surface area contributed by atoms with Crippen LogP contribution >= 0.6 is 0 Å². The van der Waals surface area contributed by atoms with Crippen molar-refractivity contribution in [3.05, 3.63) is 17.7 Å². The summed E-state index contributed by atoms with van der Waals surface area (Å²) in [4.78, 5) is 12.1. The molecule has 6 nitrogen and oxygen atoms in total. The highest BCUT2D eigenvalue weighted by molar-refractivity contribution is 5.96. The predicted molar refractivity (Wildman–Crippen MR) is 77.8 cm³/mol. The zero-order chi connectivity index (χ0) is 15.4. The van der Waals surface area contributed by atoms with E-state index in [9.17, 15) is 4.79 Å². The van der Waals surface area contributed by atoms with Gasteiger partial charge in [0.15, 0.2) is 11.5 Å². The van der Waals surface area contributed by atoms with Gasteiger partial charge in [0.1, 0.15) is 6.61 Å². The van der Waals surface area contributed by atoms with Crippen LogP contribution in [0.2, 0.25) is 0 Å². The van der Waals surface area contributed by atoms with Gasteiger partial charge in [0.2, 0.25) is 0 Å². The summed E-state index contributed by atoms with van der Waals surface area (Å²) in [5.41, 5.74) is 6.41. The molecule has 1 aliphatic heterocycles. The average molecular weight is 295 g/mol. The molecule has 1 aromatic rings. The van der Waals surface area contributed by atoms with Gasteiger partial charge in [0.25, 0.3) is 0 Å². The van der Waals surface area contributed by atoms with Gasteiger partial charge in [0, 0.05) is 12.1 Å². The highest BCUT2D eigenvalue weighted by atomic mass is 16.6. The summed E-state index contributed by atoms with van der Waals surface area (Å²) in [6.07, 6.45) is 2.07. The van der Waals surface area contributed by atoms with Crippen LogP contribution in [0.1, 0.15) is 30.1 Å². The Bertz CT molecular complexity index is 517. The second kappa shape index (κ2) is 6.67. The summed E-state index contributed by atoms with van der Waals surface area (Å²) >= 11 is 0. The summed E-state index contributed by atoms with van der Waals surface area (Å²) in [7, 11) is 3.00. The summed E-state index contributed by atoms with van der Waals surface area (Å²) in [5, 5.41) is 0. The van der Waals surface area contributed by atoms with Crippen LogP contribution in [0.3, 0.4) is 0 Å². The van der Waals surface area contributed by atoms with Crippen molar-refractivity contribution in [3.63, 3.8) is 0 Å². The van der Waals surface area contributed by atoms with Crippen LogP contribution in [0.5, 0.6) is 11.5 Å². The Morgan fingerprint density at radius 1 is 1.29 bits per heavy atom. The van der Waals surface area contributed by atoms with Crippen LogP contribution < -0.4 is 15.2 Å². The topological polar surface area (TPSA) is 80.0 Å². The van der Waals surface area contributed by atoms with E-state index in [4.69, 9.17) is 24.7 Å². The fourth-order valence-electron chi connectivity index (χ4n) is 2.33. The molecule has 1 heterocycles. The lowest BCUT2D eigenvalue weighted by Crippen LogP contribution is -2.19. The lowest BCUT2D eigenvalue weighted by molar-refractivity contribution is -0.00261. The number of methoxy groups -OCH3 is 2. The Balaban J connectivity index is 2.04. The summed E-state index contributed by atoms with van der Waals surface area (Å²) in [6.45, 7) is 2.24. The second-order valence-corrected chi connectivity index (χ2v) is 5.04. The maximum atomic E-state index is 12.1. The molecule has 0 aliphatic carbocycles. The first-order valence-corrected chi connectivity index (χ1v) is 6.89. The molecule has 0 amide bonds. The van der Waals surface area contributed by atoms with Crippen LogP contribution in [0, 0.1) is 0 Å². The molecule has 2 N–H and O–H groups in total. The minimum absolute atomic E-state index is 0.0367. The van der Waals surface area contributed by atoms with Crippen LogP contribution in [0.4, 0.5) is 5.69 Å². The number of nitrogens with two attached hydrogens (primary N) is 1. The molecular formula is C15H21NO5. The molecule has 0 spiro atoms. The fraction of sp³-hybridized carbons (Fsp3) is 0.533. The number of ether oxygens (including phenoxy) is 4. The zero-order valence-corrected chi connectivity index (χ0v) is 12.5. The molecule has 0 bridgehead atoms. The average Bonchev–Trinajstić information content (AvgIpc) is 2.90. The third-order valence-corrected chi connectivity index (χ3v) is 3.50. The van der Waals surface area contributed by atoms with E-state index in [0.29, 0.717) is 17.2 Å². The molecule has 0 saturated carbocycles. The first-order valence-electron chi connectivity index (χ1n) is 6.89. The minimum atomic E-state index is -0.489. The van der Waals surface area contributed by atoms with Gasteiger partial charge in [-0.3, -0.25) is 0 Å². The largest absolute Gasteiger partial charge is 0.493 e. The number of carbonyl (C=O) groups is 1. The fourth-order valence-corrected chi connectivity index (χ4v) is 2.33. The van der Waals surface area contributed by atoms with Crippen LogP contribution in [0.15, 0.2) is 12.1 Å². The van der Waals surface area contributed by atoms with E-state index < -0.39 is 5.97 Å². The molecule has 2 unspecified atom stereocenters. The van der Waals surface area contributed by atoms with Gasteiger partial charge in [-0.2, -0.15) is 0 Å². The number of hydrogen-bond acceptors (Lipinski definition) is 6. The Hall–Kier alpha value is -1.95. The lowest BCUT2D eigenvalue weighted by Gasteiger charge is -2.14. The Morgan fingerprint density at radius 3 is 2.52 bits per heavy atom. The molecule has 1 aromatic carbocycles. The standard InChI is InChI=1S/C15H21NO5/c1-9-4-5-10(21-9)8-20-15(17)11-6-13(18-2)14(19-3)7-12(11)16/h6-7,9-10H,4-5,8,16H2,1-3H3. The molecule has 21 heavy (non-hydrogen) atoms. The second-order valence-electron chi connectivity index (χ2n) is 5.04. The summed E-state index contributed by atoms with van der Waals surface area (Å²) in [5.74, 6) is 0.417. The van der Waals surface area contributed by atoms with Crippen molar-refractivity contribution in [2.75, 3.05) is 26.6 Å². The molecule has 116 valence electrons. The van der Waals surface area contributed by atoms with Crippen molar-refractivity contribution in [1.82, 2.24) is 0 Å². The number of anilines is 1. The number of nitrogen functional groups attached to an aromatic ring is 1. The van der Waals surface area contributed by atoms with Crippen molar-refractivity contribution >= 4 is 11.7 Å². The maximum Gasteiger partial charge on any atom is 0.340 e. The van der Waals surface area contributed by atoms with Crippen molar-refractivity contribution in [1.29, 1.82) is 0 Å². The molecule has 1 fully saturated rings. The quantitative estimate of drug-likeness (QED) is 0.661. The first-order chi connectivity index (χ1) is 10.0. The highest BCUT2D eigenvalue weighted by Gasteiger charge is 2.24. The molecule has 0 radical (unpaired) electrons. The van der Waals surface area contributed by atoms with Gasteiger partial charge in [0.05, 0.1) is 37.7 Å². The van der Waals surface area contributed by atoms with Crippen molar-refractivity contribution < 1.29 is 23.7 Å². The summed E-state index contributed by atoms with van der Waals surface area (Å²) < 4.78 is 21.2. The van der Waals surface area contributed by atoms with E-state index >= 15 is 0 Å².